The second kappa shape index (κ2) is 7.83. The van der Waals surface area contributed by atoms with E-state index in [4.69, 9.17) is 4.74 Å². The van der Waals surface area contributed by atoms with Crippen LogP contribution in [-0.4, -0.2) is 48.2 Å². The number of carbonyl (C=O) groups is 1. The molecular formula is C16H23BrN2O3. The summed E-state index contributed by atoms with van der Waals surface area (Å²) in [5.74, 6) is 0.0203. The number of phenols is 1. The van der Waals surface area contributed by atoms with Crippen molar-refractivity contribution in [1.29, 1.82) is 0 Å². The van der Waals surface area contributed by atoms with Gasteiger partial charge in [-0.2, -0.15) is 0 Å². The molecule has 0 aromatic heterocycles. The van der Waals surface area contributed by atoms with Gasteiger partial charge in [0.1, 0.15) is 17.1 Å². The molecule has 1 aliphatic rings. The summed E-state index contributed by atoms with van der Waals surface area (Å²) < 4.78 is 5.94. The molecule has 6 heteroatoms. The number of nitrogens with zero attached hydrogens (tertiary/aromatic N) is 1. The molecule has 122 valence electrons. The average Bonchev–Trinajstić information content (AvgIpc) is 2.96. The fraction of sp³-hybridized carbons (Fsp3) is 0.562. The van der Waals surface area contributed by atoms with E-state index in [1.807, 2.05) is 6.92 Å². The van der Waals surface area contributed by atoms with Crippen LogP contribution in [0.25, 0.3) is 0 Å². The number of likely N-dealkylation sites (tertiary alicyclic amines) is 1. The van der Waals surface area contributed by atoms with Crippen LogP contribution in [0.2, 0.25) is 0 Å². The number of amides is 1. The standard InChI is InChI=1S/C16H23BrN2O3/c1-3-19-9-5-6-11(19)10-18-16(21)14-13(22-4-2)8-7-12(17)15(14)20/h7-8,11,20H,3-6,9-10H2,1-2H3,(H,18,21). The van der Waals surface area contributed by atoms with Crippen molar-refractivity contribution in [3.63, 3.8) is 0 Å². The molecule has 1 heterocycles. The number of halogens is 1. The molecule has 2 rings (SSSR count). The lowest BCUT2D eigenvalue weighted by Gasteiger charge is -2.23. The summed E-state index contributed by atoms with van der Waals surface area (Å²) in [5.41, 5.74) is 0.192. The van der Waals surface area contributed by atoms with E-state index in [-0.39, 0.29) is 17.2 Å². The number of rotatable bonds is 6. The Morgan fingerprint density at radius 1 is 1.50 bits per heavy atom. The third-order valence-corrected chi connectivity index (χ3v) is 4.66. The van der Waals surface area contributed by atoms with Crippen molar-refractivity contribution in [3.8, 4) is 11.5 Å². The fourth-order valence-corrected chi connectivity index (χ4v) is 3.21. The highest BCUT2D eigenvalue weighted by Crippen LogP contribution is 2.34. The van der Waals surface area contributed by atoms with Gasteiger partial charge in [-0.1, -0.05) is 6.92 Å². The Morgan fingerprint density at radius 3 is 2.95 bits per heavy atom. The first-order chi connectivity index (χ1) is 10.6. The Morgan fingerprint density at radius 2 is 2.27 bits per heavy atom. The van der Waals surface area contributed by atoms with Crippen LogP contribution in [0.1, 0.15) is 37.0 Å². The van der Waals surface area contributed by atoms with Gasteiger partial charge in [0.25, 0.3) is 5.91 Å². The largest absolute Gasteiger partial charge is 0.506 e. The van der Waals surface area contributed by atoms with Gasteiger partial charge < -0.3 is 15.2 Å². The SMILES string of the molecule is CCOc1ccc(Br)c(O)c1C(=O)NCC1CCCN1CC. The van der Waals surface area contributed by atoms with Crippen LogP contribution >= 0.6 is 15.9 Å². The minimum atomic E-state index is -0.301. The maximum atomic E-state index is 12.5. The van der Waals surface area contributed by atoms with Gasteiger partial charge in [0.2, 0.25) is 0 Å². The van der Waals surface area contributed by atoms with Gasteiger partial charge in [-0.3, -0.25) is 9.69 Å². The van der Waals surface area contributed by atoms with Crippen LogP contribution in [-0.2, 0) is 0 Å². The Bertz CT molecular complexity index is 536. The highest BCUT2D eigenvalue weighted by Gasteiger charge is 2.25. The maximum Gasteiger partial charge on any atom is 0.258 e. The third kappa shape index (κ3) is 3.73. The summed E-state index contributed by atoms with van der Waals surface area (Å²) in [7, 11) is 0. The number of phenolic OH excluding ortho intramolecular Hbond substituents is 1. The van der Waals surface area contributed by atoms with Crippen LogP contribution in [0.3, 0.4) is 0 Å². The van der Waals surface area contributed by atoms with E-state index < -0.39 is 0 Å². The van der Waals surface area contributed by atoms with Crippen molar-refractivity contribution in [3.05, 3.63) is 22.2 Å². The molecule has 0 bridgehead atoms. The average molecular weight is 371 g/mol. The first kappa shape index (κ1) is 17.1. The van der Waals surface area contributed by atoms with Crippen LogP contribution in [0.5, 0.6) is 11.5 Å². The molecule has 1 amide bonds. The van der Waals surface area contributed by atoms with Gasteiger partial charge in [0.15, 0.2) is 0 Å². The molecule has 1 aliphatic heterocycles. The Labute approximate surface area is 139 Å². The number of hydrogen-bond acceptors (Lipinski definition) is 4. The van der Waals surface area contributed by atoms with Gasteiger partial charge in [-0.15, -0.1) is 0 Å². The zero-order valence-electron chi connectivity index (χ0n) is 13.1. The van der Waals surface area contributed by atoms with Crippen molar-refractivity contribution < 1.29 is 14.6 Å². The number of aromatic hydroxyl groups is 1. The lowest BCUT2D eigenvalue weighted by Crippen LogP contribution is -2.40. The minimum Gasteiger partial charge on any atom is -0.506 e. The minimum absolute atomic E-state index is 0.0813. The maximum absolute atomic E-state index is 12.5. The first-order valence-electron chi connectivity index (χ1n) is 7.75. The highest BCUT2D eigenvalue weighted by atomic mass is 79.9. The molecule has 0 spiro atoms. The van der Waals surface area contributed by atoms with E-state index >= 15 is 0 Å². The molecule has 1 unspecified atom stereocenters. The van der Waals surface area contributed by atoms with Crippen LogP contribution in [0, 0.1) is 0 Å². The monoisotopic (exact) mass is 370 g/mol. The zero-order chi connectivity index (χ0) is 16.1. The van der Waals surface area contributed by atoms with Crippen molar-refractivity contribution in [2.45, 2.75) is 32.7 Å². The van der Waals surface area contributed by atoms with E-state index in [0.717, 1.165) is 19.5 Å². The molecule has 0 saturated carbocycles. The van der Waals surface area contributed by atoms with Gasteiger partial charge in [0, 0.05) is 12.6 Å². The van der Waals surface area contributed by atoms with Gasteiger partial charge in [-0.25, -0.2) is 0 Å². The zero-order valence-corrected chi connectivity index (χ0v) is 14.6. The van der Waals surface area contributed by atoms with Crippen molar-refractivity contribution in [1.82, 2.24) is 10.2 Å². The number of hydrogen-bond donors (Lipinski definition) is 2. The van der Waals surface area contributed by atoms with E-state index in [2.05, 4.69) is 33.1 Å². The van der Waals surface area contributed by atoms with Crippen LogP contribution < -0.4 is 10.1 Å². The first-order valence-corrected chi connectivity index (χ1v) is 8.54. The number of ether oxygens (including phenoxy) is 1. The van der Waals surface area contributed by atoms with E-state index in [0.29, 0.717) is 29.4 Å². The Hall–Kier alpha value is -1.27. The van der Waals surface area contributed by atoms with Crippen LogP contribution in [0.4, 0.5) is 0 Å². The van der Waals surface area contributed by atoms with Crippen molar-refractivity contribution in [2.75, 3.05) is 26.2 Å². The predicted octanol–water partition coefficient (Wildman–Crippen LogP) is 2.77. The summed E-state index contributed by atoms with van der Waals surface area (Å²) in [6, 6.07) is 3.74. The molecule has 1 fully saturated rings. The fourth-order valence-electron chi connectivity index (χ4n) is 2.88. The summed E-state index contributed by atoms with van der Waals surface area (Å²) in [6.07, 6.45) is 2.26. The van der Waals surface area contributed by atoms with Crippen molar-refractivity contribution in [2.24, 2.45) is 0 Å². The molecule has 1 aromatic carbocycles. The normalized spacial score (nSPS) is 18.4. The topological polar surface area (TPSA) is 61.8 Å². The molecule has 2 N–H and O–H groups in total. The van der Waals surface area contributed by atoms with Crippen molar-refractivity contribution >= 4 is 21.8 Å². The summed E-state index contributed by atoms with van der Waals surface area (Å²) in [6.45, 7) is 7.08. The smallest absolute Gasteiger partial charge is 0.258 e. The molecular weight excluding hydrogens is 348 g/mol. The highest BCUT2D eigenvalue weighted by molar-refractivity contribution is 9.10. The molecule has 1 saturated heterocycles. The van der Waals surface area contributed by atoms with Gasteiger partial charge in [-0.05, 0) is 60.9 Å². The van der Waals surface area contributed by atoms with E-state index in [1.54, 1.807) is 12.1 Å². The summed E-state index contributed by atoms with van der Waals surface area (Å²) in [4.78, 5) is 14.8. The predicted molar refractivity (Wildman–Crippen MR) is 89.6 cm³/mol. The number of carbonyl (C=O) groups excluding carboxylic acids is 1. The number of likely N-dealkylation sites (N-methyl/N-ethyl adjacent to an activating group) is 1. The second-order valence-corrected chi connectivity index (χ2v) is 6.19. The summed E-state index contributed by atoms with van der Waals surface area (Å²) >= 11 is 3.24. The second-order valence-electron chi connectivity index (χ2n) is 5.34. The Kier molecular flexibility index (Phi) is 6.08. The van der Waals surface area contributed by atoms with Crippen LogP contribution in [0.15, 0.2) is 16.6 Å². The lowest BCUT2D eigenvalue weighted by molar-refractivity contribution is 0.0934. The molecule has 22 heavy (non-hydrogen) atoms. The third-order valence-electron chi connectivity index (χ3n) is 4.02. The van der Waals surface area contributed by atoms with E-state index in [1.165, 1.54) is 6.42 Å². The van der Waals surface area contributed by atoms with Gasteiger partial charge in [0.05, 0.1) is 11.1 Å². The number of nitrogens with one attached hydrogen (secondary N) is 1. The number of benzene rings is 1. The molecule has 0 aliphatic carbocycles. The summed E-state index contributed by atoms with van der Waals surface area (Å²) in [5, 5.41) is 13.1. The van der Waals surface area contributed by atoms with E-state index in [9.17, 15) is 9.90 Å². The molecule has 0 radical (unpaired) electrons. The lowest BCUT2D eigenvalue weighted by atomic mass is 10.1. The quantitative estimate of drug-likeness (QED) is 0.807. The molecule has 5 nitrogen and oxygen atoms in total. The molecule has 1 atom stereocenters. The molecule has 1 aromatic rings. The Balaban J connectivity index is 2.10. The van der Waals surface area contributed by atoms with Gasteiger partial charge >= 0.3 is 0 Å².